The molecule has 0 heterocycles. The molecule has 5 atom stereocenters. The van der Waals surface area contributed by atoms with Gasteiger partial charge in [-0.3, -0.25) is 14.4 Å². The van der Waals surface area contributed by atoms with Crippen molar-refractivity contribution in [3.63, 3.8) is 0 Å². The lowest BCUT2D eigenvalue weighted by Gasteiger charge is -2.33. The second kappa shape index (κ2) is 19.7. The molecule has 1 unspecified atom stereocenters. The van der Waals surface area contributed by atoms with E-state index in [4.69, 9.17) is 36.1 Å². The Labute approximate surface area is 277 Å². The van der Waals surface area contributed by atoms with Gasteiger partial charge in [-0.2, -0.15) is 0 Å². The zero-order chi connectivity index (χ0) is 35.2. The molecule has 1 aromatic carbocycles. The first-order valence-corrected chi connectivity index (χ1v) is 16.5. The van der Waals surface area contributed by atoms with E-state index in [-0.39, 0.29) is 42.5 Å². The number of methoxy groups -OCH3 is 2. The molecule has 0 saturated heterocycles. The molecule has 0 aromatic heterocycles. The van der Waals surface area contributed by atoms with Crippen LogP contribution in [0.15, 0.2) is 18.2 Å². The highest BCUT2D eigenvalue weighted by molar-refractivity contribution is 5.83. The van der Waals surface area contributed by atoms with Crippen molar-refractivity contribution < 1.29 is 33.3 Å². The van der Waals surface area contributed by atoms with E-state index in [9.17, 15) is 14.4 Å². The summed E-state index contributed by atoms with van der Waals surface area (Å²) in [5, 5.41) is 2.88. The molecule has 0 fully saturated rings. The van der Waals surface area contributed by atoms with Gasteiger partial charge in [0.15, 0.2) is 11.5 Å². The van der Waals surface area contributed by atoms with Gasteiger partial charge in [-0.25, -0.2) is 0 Å². The van der Waals surface area contributed by atoms with Crippen LogP contribution in [0.3, 0.4) is 0 Å². The smallest absolute Gasteiger partial charge is 0.323 e. The molecule has 0 bridgehead atoms. The predicted molar refractivity (Wildman–Crippen MR) is 181 cm³/mol. The van der Waals surface area contributed by atoms with Gasteiger partial charge in [0.2, 0.25) is 11.8 Å². The molecular formula is C35H62N4O7. The SMILES string of the molecule is COCCCOc1cc(C[C@@H](CC(N)[C@H](C[C@@H](C(=O)NCC(C)(C)C(N)=O)C(C)C)OC(=O)[C@@H](N)C(C)C)C(C)C)ccc1OC. The minimum Gasteiger partial charge on any atom is -0.493 e. The van der Waals surface area contributed by atoms with Gasteiger partial charge in [-0.1, -0.05) is 47.6 Å². The Kier molecular flexibility index (Phi) is 17.6. The molecule has 264 valence electrons. The number of amides is 2. The fourth-order valence-electron chi connectivity index (χ4n) is 5.01. The quantitative estimate of drug-likeness (QED) is 0.107. The van der Waals surface area contributed by atoms with Crippen molar-refractivity contribution in [3.8, 4) is 11.5 Å². The molecule has 46 heavy (non-hydrogen) atoms. The summed E-state index contributed by atoms with van der Waals surface area (Å²) in [6.07, 6.45) is 1.48. The second-order valence-corrected chi connectivity index (χ2v) is 14.1. The average molecular weight is 651 g/mol. The van der Waals surface area contributed by atoms with Crippen LogP contribution in [0.1, 0.15) is 80.2 Å². The summed E-state index contributed by atoms with van der Waals surface area (Å²) in [7, 11) is 3.27. The highest BCUT2D eigenvalue weighted by Crippen LogP contribution is 2.32. The van der Waals surface area contributed by atoms with Crippen LogP contribution in [-0.2, 0) is 30.3 Å². The van der Waals surface area contributed by atoms with Crippen molar-refractivity contribution >= 4 is 17.8 Å². The number of nitrogens with one attached hydrogen (secondary N) is 1. The number of rotatable bonds is 22. The van der Waals surface area contributed by atoms with E-state index in [0.717, 1.165) is 12.0 Å². The third-order valence-corrected chi connectivity index (χ3v) is 8.73. The maximum Gasteiger partial charge on any atom is 0.323 e. The van der Waals surface area contributed by atoms with Crippen LogP contribution in [0.25, 0.3) is 0 Å². The molecule has 11 nitrogen and oxygen atoms in total. The van der Waals surface area contributed by atoms with Crippen LogP contribution in [0.2, 0.25) is 0 Å². The third kappa shape index (κ3) is 13.5. The minimum absolute atomic E-state index is 0.0913. The number of nitrogens with two attached hydrogens (primary N) is 3. The number of carbonyl (C=O) groups excluding carboxylic acids is 3. The van der Waals surface area contributed by atoms with E-state index < -0.39 is 41.4 Å². The highest BCUT2D eigenvalue weighted by Gasteiger charge is 2.35. The van der Waals surface area contributed by atoms with Crippen molar-refractivity contribution in [2.75, 3.05) is 34.0 Å². The first-order valence-electron chi connectivity index (χ1n) is 16.5. The maximum absolute atomic E-state index is 13.4. The zero-order valence-electron chi connectivity index (χ0n) is 29.9. The van der Waals surface area contributed by atoms with Gasteiger partial charge >= 0.3 is 5.97 Å². The number of hydrogen-bond donors (Lipinski definition) is 4. The van der Waals surface area contributed by atoms with Gasteiger partial charge < -0.3 is 41.5 Å². The van der Waals surface area contributed by atoms with Crippen molar-refractivity contribution in [2.45, 2.75) is 99.3 Å². The van der Waals surface area contributed by atoms with E-state index in [1.54, 1.807) is 28.1 Å². The Morgan fingerprint density at radius 1 is 0.891 bits per heavy atom. The topological polar surface area (TPSA) is 178 Å². The summed E-state index contributed by atoms with van der Waals surface area (Å²) in [5.41, 5.74) is 18.7. The predicted octanol–water partition coefficient (Wildman–Crippen LogP) is 3.83. The van der Waals surface area contributed by atoms with Crippen LogP contribution in [0, 0.1) is 35.0 Å². The van der Waals surface area contributed by atoms with E-state index in [1.165, 1.54) is 0 Å². The Morgan fingerprint density at radius 2 is 1.54 bits per heavy atom. The molecule has 11 heteroatoms. The van der Waals surface area contributed by atoms with E-state index in [1.807, 2.05) is 45.9 Å². The summed E-state index contributed by atoms with van der Waals surface area (Å²) in [6, 6.07) is 4.54. The first kappa shape index (κ1) is 41.1. The normalized spacial score (nSPS) is 15.3. The van der Waals surface area contributed by atoms with Crippen LogP contribution in [0.5, 0.6) is 11.5 Å². The van der Waals surface area contributed by atoms with E-state index in [0.29, 0.717) is 37.6 Å². The van der Waals surface area contributed by atoms with Crippen molar-refractivity contribution in [2.24, 2.45) is 52.2 Å². The molecule has 0 spiro atoms. The third-order valence-electron chi connectivity index (χ3n) is 8.73. The number of esters is 1. The van der Waals surface area contributed by atoms with Gasteiger partial charge in [-0.15, -0.1) is 0 Å². The van der Waals surface area contributed by atoms with E-state index in [2.05, 4.69) is 19.2 Å². The molecule has 7 N–H and O–H groups in total. The number of hydrogen-bond acceptors (Lipinski definition) is 9. The molecule has 1 aromatic rings. The molecule has 0 aliphatic rings. The second-order valence-electron chi connectivity index (χ2n) is 14.1. The summed E-state index contributed by atoms with van der Waals surface area (Å²) < 4.78 is 22.6. The standard InChI is InChI=1S/C35H62N4O7/c1-21(2)25(16-24-12-13-28(44-10)30(17-24)45-15-11-14-43-9)18-27(36)29(46-33(41)31(37)23(5)6)19-26(22(3)4)32(40)39-20-35(7,8)34(38)42/h12-13,17,21-23,25-27,29,31H,11,14-16,18-20,36-37H2,1-10H3,(H2,38,42)(H,39,40)/t25-,26+,27?,29-,31-/m0/s1. The van der Waals surface area contributed by atoms with Crippen LogP contribution in [-0.4, -0.2) is 69.9 Å². The molecule has 0 radical (unpaired) electrons. The summed E-state index contributed by atoms with van der Waals surface area (Å²) in [5.74, 6) is -0.331. The lowest BCUT2D eigenvalue weighted by molar-refractivity contribution is -0.155. The number of primary amides is 1. The average Bonchev–Trinajstić information content (AvgIpc) is 2.98. The largest absolute Gasteiger partial charge is 0.493 e. The Balaban J connectivity index is 3.26. The van der Waals surface area contributed by atoms with Gasteiger partial charge in [0, 0.05) is 38.6 Å². The number of ether oxygens (including phenoxy) is 4. The Bertz CT molecular complexity index is 1090. The number of benzene rings is 1. The van der Waals surface area contributed by atoms with Crippen LogP contribution < -0.4 is 32.0 Å². The summed E-state index contributed by atoms with van der Waals surface area (Å²) in [6.45, 7) is 16.4. The van der Waals surface area contributed by atoms with Gasteiger partial charge in [0.05, 0.1) is 19.1 Å². The molecular weight excluding hydrogens is 588 g/mol. The van der Waals surface area contributed by atoms with Crippen molar-refractivity contribution in [1.29, 1.82) is 0 Å². The van der Waals surface area contributed by atoms with Crippen molar-refractivity contribution in [1.82, 2.24) is 5.32 Å². The minimum atomic E-state index is -0.912. The fourth-order valence-corrected chi connectivity index (χ4v) is 5.01. The number of carbonyl (C=O) groups is 3. The van der Waals surface area contributed by atoms with Gasteiger partial charge in [-0.05, 0) is 74.5 Å². The molecule has 0 aliphatic carbocycles. The molecule has 0 aliphatic heterocycles. The van der Waals surface area contributed by atoms with Crippen molar-refractivity contribution in [3.05, 3.63) is 23.8 Å². The Hall–Kier alpha value is -2.89. The molecule has 2 amide bonds. The van der Waals surface area contributed by atoms with Gasteiger partial charge in [0.1, 0.15) is 12.1 Å². The monoisotopic (exact) mass is 650 g/mol. The molecule has 0 saturated carbocycles. The van der Waals surface area contributed by atoms with E-state index >= 15 is 0 Å². The highest BCUT2D eigenvalue weighted by atomic mass is 16.5. The molecule has 1 rings (SSSR count). The van der Waals surface area contributed by atoms with Crippen LogP contribution >= 0.6 is 0 Å². The summed E-state index contributed by atoms with van der Waals surface area (Å²) in [4.78, 5) is 38.3. The Morgan fingerprint density at radius 3 is 2.07 bits per heavy atom. The van der Waals surface area contributed by atoms with Crippen LogP contribution in [0.4, 0.5) is 0 Å². The lowest BCUT2D eigenvalue weighted by atomic mass is 9.80. The first-order chi connectivity index (χ1) is 21.4. The fraction of sp³-hybridized carbons (Fsp3) is 0.743. The lowest BCUT2D eigenvalue weighted by Crippen LogP contribution is -2.49. The summed E-state index contributed by atoms with van der Waals surface area (Å²) >= 11 is 0. The maximum atomic E-state index is 13.4. The van der Waals surface area contributed by atoms with Gasteiger partial charge in [0.25, 0.3) is 0 Å². The zero-order valence-corrected chi connectivity index (χ0v) is 29.9.